The highest BCUT2D eigenvalue weighted by atomic mass is 19.4. The monoisotopic (exact) mass is 644 g/mol. The molecular formula is C41H29F5N2. The zero-order valence-electron chi connectivity index (χ0n) is 26.6. The largest absolute Gasteiger partial charge is 0.420 e. The maximum Gasteiger partial charge on any atom is 0.420 e. The van der Waals surface area contributed by atoms with Crippen LogP contribution in [0.4, 0.5) is 22.0 Å². The average molecular weight is 645 g/mol. The smallest absolute Gasteiger partial charge is 0.309 e. The van der Waals surface area contributed by atoms with Gasteiger partial charge >= 0.3 is 6.18 Å². The van der Waals surface area contributed by atoms with Crippen LogP contribution in [0.5, 0.6) is 0 Å². The molecule has 8 rings (SSSR count). The van der Waals surface area contributed by atoms with Crippen LogP contribution >= 0.6 is 0 Å². The van der Waals surface area contributed by atoms with Crippen molar-refractivity contribution in [1.82, 2.24) is 9.13 Å². The molecule has 8 aromatic rings. The molecule has 0 aliphatic heterocycles. The van der Waals surface area contributed by atoms with Crippen molar-refractivity contribution in [2.24, 2.45) is 0 Å². The molecule has 2 aromatic heterocycles. The fraction of sp³-hybridized carbons (Fsp3) is 0.122. The predicted octanol–water partition coefficient (Wildman–Crippen LogP) is 12.1. The van der Waals surface area contributed by atoms with Crippen LogP contribution in [0.15, 0.2) is 103 Å². The summed E-state index contributed by atoms with van der Waals surface area (Å²) >= 11 is 0. The molecule has 0 bridgehead atoms. The second-order valence-corrected chi connectivity index (χ2v) is 12.8. The van der Waals surface area contributed by atoms with E-state index in [-0.39, 0.29) is 22.5 Å². The first kappa shape index (κ1) is 29.9. The van der Waals surface area contributed by atoms with Crippen LogP contribution in [0.3, 0.4) is 0 Å². The molecule has 0 N–H and O–H groups in total. The van der Waals surface area contributed by atoms with Gasteiger partial charge in [0.15, 0.2) is 0 Å². The van der Waals surface area contributed by atoms with E-state index in [9.17, 15) is 8.78 Å². The van der Waals surface area contributed by atoms with Gasteiger partial charge in [0.05, 0.1) is 33.4 Å². The van der Waals surface area contributed by atoms with E-state index in [1.807, 2.05) is 100 Å². The molecule has 0 saturated carbocycles. The lowest BCUT2D eigenvalue weighted by atomic mass is 9.96. The third-order valence-electron chi connectivity index (χ3n) is 9.23. The number of hydrogen-bond donors (Lipinski definition) is 0. The van der Waals surface area contributed by atoms with Gasteiger partial charge in [0.2, 0.25) is 0 Å². The summed E-state index contributed by atoms with van der Waals surface area (Å²) in [6, 6.07) is 28.6. The SMILES string of the molecule is Cc1ccc2c(c1)c1cc(C)ccc1n2-c1ccc(-c2cc(F)cc(F)c2)c(-n2c3ccc(C)cc3c3cc(C)ccc32)c1C(F)(F)F. The maximum atomic E-state index is 16.0. The Morgan fingerprint density at radius 1 is 0.458 bits per heavy atom. The van der Waals surface area contributed by atoms with Gasteiger partial charge in [-0.25, -0.2) is 8.78 Å². The number of rotatable bonds is 3. The fourth-order valence-corrected chi connectivity index (χ4v) is 7.22. The Morgan fingerprint density at radius 3 is 1.25 bits per heavy atom. The predicted molar refractivity (Wildman–Crippen MR) is 184 cm³/mol. The number of hydrogen-bond acceptors (Lipinski definition) is 0. The zero-order valence-corrected chi connectivity index (χ0v) is 26.6. The Labute approximate surface area is 273 Å². The molecule has 0 aliphatic carbocycles. The lowest BCUT2D eigenvalue weighted by Crippen LogP contribution is -2.17. The number of halogens is 5. The third-order valence-corrected chi connectivity index (χ3v) is 9.23. The van der Waals surface area contributed by atoms with Crippen molar-refractivity contribution in [3.63, 3.8) is 0 Å². The third kappa shape index (κ3) is 4.60. The van der Waals surface area contributed by atoms with Crippen molar-refractivity contribution in [3.8, 4) is 22.5 Å². The molecule has 6 aromatic carbocycles. The summed E-state index contributed by atoms with van der Waals surface area (Å²) in [5.74, 6) is -1.76. The van der Waals surface area contributed by atoms with Gasteiger partial charge in [-0.15, -0.1) is 0 Å². The van der Waals surface area contributed by atoms with E-state index in [4.69, 9.17) is 0 Å². The Bertz CT molecular complexity index is 2480. The summed E-state index contributed by atoms with van der Waals surface area (Å²) in [6.45, 7) is 7.78. The van der Waals surface area contributed by atoms with Gasteiger partial charge in [-0.2, -0.15) is 13.2 Å². The minimum atomic E-state index is -4.89. The molecule has 0 fully saturated rings. The van der Waals surface area contributed by atoms with E-state index in [1.54, 1.807) is 15.2 Å². The van der Waals surface area contributed by atoms with Crippen molar-refractivity contribution in [2.75, 3.05) is 0 Å². The van der Waals surface area contributed by atoms with Crippen LogP contribution < -0.4 is 0 Å². The summed E-state index contributed by atoms with van der Waals surface area (Å²) in [5.41, 5.74) is 5.08. The second-order valence-electron chi connectivity index (χ2n) is 12.8. The molecule has 0 saturated heterocycles. The maximum absolute atomic E-state index is 16.0. The Morgan fingerprint density at radius 2 is 0.854 bits per heavy atom. The van der Waals surface area contributed by atoms with Crippen LogP contribution in [0.25, 0.3) is 66.1 Å². The molecule has 7 heteroatoms. The molecule has 0 radical (unpaired) electrons. The topological polar surface area (TPSA) is 9.86 Å². The molecule has 48 heavy (non-hydrogen) atoms. The number of aromatic nitrogens is 2. The molecule has 0 unspecified atom stereocenters. The summed E-state index contributed by atoms with van der Waals surface area (Å²) in [5, 5.41) is 3.24. The highest BCUT2D eigenvalue weighted by molar-refractivity contribution is 6.12. The number of benzene rings is 6. The van der Waals surface area contributed by atoms with E-state index in [2.05, 4.69) is 0 Å². The highest BCUT2D eigenvalue weighted by Gasteiger charge is 2.40. The molecule has 0 aliphatic rings. The van der Waals surface area contributed by atoms with Crippen LogP contribution in [0.1, 0.15) is 27.8 Å². The molecule has 2 nitrogen and oxygen atoms in total. The second kappa shape index (κ2) is 10.5. The minimum Gasteiger partial charge on any atom is -0.309 e. The van der Waals surface area contributed by atoms with Crippen LogP contribution in [0, 0.1) is 39.3 Å². The standard InChI is InChI=1S/C41H29F5N2/c1-22-5-10-34-30(15-22)31-16-23(2)6-11-35(31)47(34)38-14-9-29(26-19-27(42)21-28(43)20-26)40(39(38)41(44,45)46)48-36-12-7-24(3)17-32(36)33-18-25(4)8-13-37(33)48/h5-21H,1-4H3. The van der Waals surface area contributed by atoms with E-state index in [0.717, 1.165) is 62.0 Å². The molecule has 2 heterocycles. The van der Waals surface area contributed by atoms with Gasteiger partial charge in [-0.3, -0.25) is 0 Å². The summed E-state index contributed by atoms with van der Waals surface area (Å²) in [4.78, 5) is 0. The van der Waals surface area contributed by atoms with Gasteiger partial charge < -0.3 is 9.13 Å². The molecule has 0 atom stereocenters. The minimum absolute atomic E-state index is 0.00208. The average Bonchev–Trinajstić information content (AvgIpc) is 3.50. The lowest BCUT2D eigenvalue weighted by molar-refractivity contribution is -0.137. The Balaban J connectivity index is 1.62. The Hall–Kier alpha value is -5.43. The Kier molecular flexibility index (Phi) is 6.57. The first-order valence-electron chi connectivity index (χ1n) is 15.6. The number of aryl methyl sites for hydroxylation is 4. The van der Waals surface area contributed by atoms with Crippen molar-refractivity contribution in [1.29, 1.82) is 0 Å². The fourth-order valence-electron chi connectivity index (χ4n) is 7.22. The molecule has 238 valence electrons. The molecule has 0 spiro atoms. The molecule has 0 amide bonds. The van der Waals surface area contributed by atoms with Crippen molar-refractivity contribution in [3.05, 3.63) is 143 Å². The van der Waals surface area contributed by atoms with E-state index >= 15 is 13.2 Å². The van der Waals surface area contributed by atoms with Crippen LogP contribution in [-0.4, -0.2) is 9.13 Å². The van der Waals surface area contributed by atoms with Gasteiger partial charge in [0, 0.05) is 33.2 Å². The quantitative estimate of drug-likeness (QED) is 0.169. The molecular weight excluding hydrogens is 615 g/mol. The van der Waals surface area contributed by atoms with Gasteiger partial charge in [0.25, 0.3) is 0 Å². The summed E-state index contributed by atoms with van der Waals surface area (Å²) < 4.78 is 80.9. The lowest BCUT2D eigenvalue weighted by Gasteiger charge is -2.24. The summed E-state index contributed by atoms with van der Waals surface area (Å²) in [7, 11) is 0. The van der Waals surface area contributed by atoms with Gasteiger partial charge in [0.1, 0.15) is 17.2 Å². The van der Waals surface area contributed by atoms with E-state index < -0.39 is 23.4 Å². The number of nitrogens with zero attached hydrogens (tertiary/aromatic N) is 2. The summed E-state index contributed by atoms with van der Waals surface area (Å²) in [6.07, 6.45) is -4.89. The van der Waals surface area contributed by atoms with Gasteiger partial charge in [-0.05, 0) is 100.0 Å². The zero-order chi connectivity index (χ0) is 33.6. The first-order chi connectivity index (χ1) is 22.9. The number of fused-ring (bicyclic) bond motifs is 6. The van der Waals surface area contributed by atoms with Gasteiger partial charge in [-0.1, -0.05) is 52.6 Å². The van der Waals surface area contributed by atoms with E-state index in [0.29, 0.717) is 22.1 Å². The van der Waals surface area contributed by atoms with Crippen LogP contribution in [-0.2, 0) is 6.18 Å². The van der Waals surface area contributed by atoms with Crippen molar-refractivity contribution >= 4 is 43.6 Å². The van der Waals surface area contributed by atoms with Crippen LogP contribution in [0.2, 0.25) is 0 Å². The normalized spacial score (nSPS) is 12.3. The first-order valence-corrected chi connectivity index (χ1v) is 15.6. The van der Waals surface area contributed by atoms with Crippen molar-refractivity contribution in [2.45, 2.75) is 33.9 Å². The van der Waals surface area contributed by atoms with E-state index in [1.165, 1.54) is 6.07 Å². The number of alkyl halides is 3. The highest BCUT2D eigenvalue weighted by Crippen LogP contribution is 2.48. The van der Waals surface area contributed by atoms with Crippen molar-refractivity contribution < 1.29 is 22.0 Å².